The summed E-state index contributed by atoms with van der Waals surface area (Å²) in [6.45, 7) is 4.50. The van der Waals surface area contributed by atoms with Gasteiger partial charge in [0.05, 0.1) is 23.8 Å². The van der Waals surface area contributed by atoms with Crippen LogP contribution in [0.2, 0.25) is 0 Å². The monoisotopic (exact) mass is 477 g/mol. The van der Waals surface area contributed by atoms with E-state index < -0.39 is 12.7 Å². The third-order valence-electron chi connectivity index (χ3n) is 3.66. The van der Waals surface area contributed by atoms with Gasteiger partial charge in [0.1, 0.15) is 0 Å². The van der Waals surface area contributed by atoms with Gasteiger partial charge >= 0.3 is 6.18 Å². The largest absolute Gasteiger partial charge is 0.401 e. The van der Waals surface area contributed by atoms with Crippen LogP contribution >= 0.6 is 35.3 Å². The van der Waals surface area contributed by atoms with Crippen LogP contribution in [-0.4, -0.2) is 54.7 Å². The lowest BCUT2D eigenvalue weighted by molar-refractivity contribution is -0.143. The molecule has 0 amide bonds. The molecule has 1 aliphatic heterocycles. The van der Waals surface area contributed by atoms with Gasteiger partial charge in [-0.25, -0.2) is 4.98 Å². The molecule has 138 valence electrons. The van der Waals surface area contributed by atoms with Crippen molar-refractivity contribution in [1.29, 1.82) is 0 Å². The standard InChI is InChI=1S/C14H22F3N5S.HI/c1-9-12(23-10(2)20-9)6-19-13(18-3)21-11-4-5-22(7-11)8-14(15,16)17;/h11H,4-8H2,1-3H3,(H2,18,19,21);1H. The van der Waals surface area contributed by atoms with Crippen molar-refractivity contribution in [2.24, 2.45) is 4.99 Å². The Labute approximate surface area is 161 Å². The number of alkyl halides is 3. The average Bonchev–Trinajstić information content (AvgIpc) is 2.99. The van der Waals surface area contributed by atoms with Crippen LogP contribution in [0.1, 0.15) is 22.0 Å². The number of guanidine groups is 1. The van der Waals surface area contributed by atoms with Crippen molar-refractivity contribution in [2.45, 2.75) is 39.0 Å². The Bertz CT molecular complexity index is 561. The van der Waals surface area contributed by atoms with Gasteiger partial charge in [0.2, 0.25) is 0 Å². The first kappa shape index (κ1) is 21.4. The number of aromatic nitrogens is 1. The first-order valence-corrected chi connectivity index (χ1v) is 8.27. The number of thiazole rings is 1. The second kappa shape index (κ2) is 9.18. The smallest absolute Gasteiger partial charge is 0.352 e. The molecule has 1 fully saturated rings. The molecule has 2 heterocycles. The fraction of sp³-hybridized carbons (Fsp3) is 0.714. The van der Waals surface area contributed by atoms with E-state index in [0.29, 0.717) is 32.0 Å². The van der Waals surface area contributed by atoms with E-state index in [9.17, 15) is 13.2 Å². The molecular formula is C14H23F3IN5S. The topological polar surface area (TPSA) is 52.6 Å². The van der Waals surface area contributed by atoms with Gasteiger partial charge in [0.25, 0.3) is 0 Å². The van der Waals surface area contributed by atoms with E-state index in [-0.39, 0.29) is 30.0 Å². The zero-order chi connectivity index (χ0) is 17.0. The van der Waals surface area contributed by atoms with E-state index in [1.807, 2.05) is 13.8 Å². The number of likely N-dealkylation sites (tertiary alicyclic amines) is 1. The minimum absolute atomic E-state index is 0. The Kier molecular flexibility index (Phi) is 8.20. The van der Waals surface area contributed by atoms with Gasteiger partial charge < -0.3 is 10.6 Å². The number of nitrogens with zero attached hydrogens (tertiary/aromatic N) is 3. The molecule has 2 N–H and O–H groups in total. The molecule has 1 aromatic rings. The second-order valence-corrected chi connectivity index (χ2v) is 6.94. The second-order valence-electron chi connectivity index (χ2n) is 5.65. The Hall–Kier alpha value is -0.620. The molecule has 2 rings (SSSR count). The number of aryl methyl sites for hydroxylation is 2. The van der Waals surface area contributed by atoms with E-state index in [1.165, 1.54) is 4.90 Å². The van der Waals surface area contributed by atoms with Crippen LogP contribution in [0.5, 0.6) is 0 Å². The number of halogens is 4. The van der Waals surface area contributed by atoms with Crippen molar-refractivity contribution in [3.05, 3.63) is 15.6 Å². The summed E-state index contributed by atoms with van der Waals surface area (Å²) in [5.74, 6) is 0.606. The van der Waals surface area contributed by atoms with Gasteiger partial charge in [-0.3, -0.25) is 9.89 Å². The van der Waals surface area contributed by atoms with E-state index in [4.69, 9.17) is 0 Å². The molecule has 1 aromatic heterocycles. The molecule has 1 aliphatic rings. The Morgan fingerprint density at radius 2 is 2.12 bits per heavy atom. The van der Waals surface area contributed by atoms with Crippen LogP contribution in [0, 0.1) is 13.8 Å². The molecule has 5 nitrogen and oxygen atoms in total. The summed E-state index contributed by atoms with van der Waals surface area (Å²) in [6.07, 6.45) is -3.47. The summed E-state index contributed by atoms with van der Waals surface area (Å²) in [5.41, 5.74) is 0.993. The van der Waals surface area contributed by atoms with Crippen LogP contribution < -0.4 is 10.6 Å². The van der Waals surface area contributed by atoms with Gasteiger partial charge in [0, 0.05) is 31.1 Å². The molecule has 0 aromatic carbocycles. The quantitative estimate of drug-likeness (QED) is 0.398. The summed E-state index contributed by atoms with van der Waals surface area (Å²) >= 11 is 1.63. The number of nitrogens with one attached hydrogen (secondary N) is 2. The number of aliphatic imine (C=N–C) groups is 1. The van der Waals surface area contributed by atoms with E-state index in [0.717, 1.165) is 15.6 Å². The minimum Gasteiger partial charge on any atom is -0.352 e. The number of hydrogen-bond donors (Lipinski definition) is 2. The highest BCUT2D eigenvalue weighted by atomic mass is 127. The van der Waals surface area contributed by atoms with E-state index >= 15 is 0 Å². The van der Waals surface area contributed by atoms with Gasteiger partial charge in [-0.05, 0) is 20.3 Å². The van der Waals surface area contributed by atoms with Crippen LogP contribution in [0.4, 0.5) is 13.2 Å². The predicted octanol–water partition coefficient (Wildman–Crippen LogP) is 2.68. The van der Waals surface area contributed by atoms with Gasteiger partial charge in [-0.2, -0.15) is 13.2 Å². The molecule has 0 spiro atoms. The highest BCUT2D eigenvalue weighted by Gasteiger charge is 2.34. The molecule has 1 unspecified atom stereocenters. The Morgan fingerprint density at radius 3 is 2.67 bits per heavy atom. The maximum atomic E-state index is 12.4. The lowest BCUT2D eigenvalue weighted by atomic mass is 10.3. The summed E-state index contributed by atoms with van der Waals surface area (Å²) < 4.78 is 37.2. The maximum Gasteiger partial charge on any atom is 0.401 e. The summed E-state index contributed by atoms with van der Waals surface area (Å²) in [6, 6.07) is -0.0205. The Morgan fingerprint density at radius 1 is 1.42 bits per heavy atom. The molecule has 24 heavy (non-hydrogen) atoms. The maximum absolute atomic E-state index is 12.4. The summed E-state index contributed by atoms with van der Waals surface area (Å²) in [5, 5.41) is 7.41. The minimum atomic E-state index is -4.14. The number of hydrogen-bond acceptors (Lipinski definition) is 4. The normalized spacial score (nSPS) is 19.2. The number of rotatable bonds is 4. The zero-order valence-electron chi connectivity index (χ0n) is 13.9. The molecule has 10 heteroatoms. The van der Waals surface area contributed by atoms with Crippen molar-refractivity contribution < 1.29 is 13.2 Å². The third-order valence-corrected chi connectivity index (χ3v) is 4.73. The predicted molar refractivity (Wildman–Crippen MR) is 101 cm³/mol. The Balaban J connectivity index is 0.00000288. The molecule has 0 bridgehead atoms. The van der Waals surface area contributed by atoms with Crippen molar-refractivity contribution in [3.8, 4) is 0 Å². The molecule has 0 aliphatic carbocycles. The molecule has 1 atom stereocenters. The first-order valence-electron chi connectivity index (χ1n) is 7.46. The highest BCUT2D eigenvalue weighted by molar-refractivity contribution is 14.0. The molecule has 0 saturated carbocycles. The van der Waals surface area contributed by atoms with Crippen molar-refractivity contribution in [1.82, 2.24) is 20.5 Å². The fourth-order valence-electron chi connectivity index (χ4n) is 2.64. The molecular weight excluding hydrogens is 454 g/mol. The van der Waals surface area contributed by atoms with Crippen molar-refractivity contribution >= 4 is 41.3 Å². The van der Waals surface area contributed by atoms with Crippen LogP contribution in [0.3, 0.4) is 0 Å². The lowest BCUT2D eigenvalue weighted by Crippen LogP contribution is -2.44. The molecule has 1 saturated heterocycles. The third kappa shape index (κ3) is 6.71. The summed E-state index contributed by atoms with van der Waals surface area (Å²) in [4.78, 5) is 11.1. The first-order chi connectivity index (χ1) is 10.8. The van der Waals surface area contributed by atoms with Crippen LogP contribution in [-0.2, 0) is 6.54 Å². The van der Waals surface area contributed by atoms with Gasteiger partial charge in [0.15, 0.2) is 5.96 Å². The van der Waals surface area contributed by atoms with Crippen molar-refractivity contribution in [3.63, 3.8) is 0 Å². The summed E-state index contributed by atoms with van der Waals surface area (Å²) in [7, 11) is 1.66. The van der Waals surface area contributed by atoms with Gasteiger partial charge in [-0.15, -0.1) is 35.3 Å². The van der Waals surface area contributed by atoms with E-state index in [2.05, 4.69) is 20.6 Å². The van der Waals surface area contributed by atoms with Crippen LogP contribution in [0.25, 0.3) is 0 Å². The fourth-order valence-corrected chi connectivity index (χ4v) is 3.51. The highest BCUT2D eigenvalue weighted by Crippen LogP contribution is 2.20. The zero-order valence-corrected chi connectivity index (χ0v) is 17.1. The SMILES string of the molecule is CN=C(NCc1sc(C)nc1C)NC1CCN(CC(F)(F)F)C1.I. The van der Waals surface area contributed by atoms with E-state index in [1.54, 1.807) is 18.4 Å². The van der Waals surface area contributed by atoms with Gasteiger partial charge in [-0.1, -0.05) is 0 Å². The average molecular weight is 477 g/mol. The van der Waals surface area contributed by atoms with Crippen molar-refractivity contribution in [2.75, 3.05) is 26.7 Å². The molecule has 0 radical (unpaired) electrons. The lowest BCUT2D eigenvalue weighted by Gasteiger charge is -2.19. The van der Waals surface area contributed by atoms with Crippen LogP contribution in [0.15, 0.2) is 4.99 Å².